The molecule has 0 amide bonds. The van der Waals surface area contributed by atoms with Crippen molar-refractivity contribution in [3.05, 3.63) is 140 Å². The first-order valence-corrected chi connectivity index (χ1v) is 19.7. The maximum atomic E-state index is 6.63. The number of nitrogens with zero attached hydrogens (tertiary/aromatic N) is 1. The molecule has 0 saturated heterocycles. The van der Waals surface area contributed by atoms with Gasteiger partial charge in [0.25, 0.3) is 0 Å². The summed E-state index contributed by atoms with van der Waals surface area (Å²) in [6.07, 6.45) is 0. The van der Waals surface area contributed by atoms with E-state index in [2.05, 4.69) is 158 Å². The van der Waals surface area contributed by atoms with Crippen molar-refractivity contribution in [1.29, 1.82) is 0 Å². The standard InChI is InChI=1S/C42H29NOSSi/c1-46(2)37-24-23-36-40(30-15-8-9-18-35(30)45-36)41(37)31-22-20-28(25-38(31)46)43(27-12-4-3-5-13-27)33-16-10-17-34-39(33)32-21-19-26-11-6-7-14-29(26)42(32)44-34/h3-25H,1-2H3. The highest BCUT2D eigenvalue weighted by Gasteiger charge is 2.39. The van der Waals surface area contributed by atoms with E-state index in [4.69, 9.17) is 4.42 Å². The third-order valence-electron chi connectivity index (χ3n) is 10.0. The third kappa shape index (κ3) is 3.51. The lowest BCUT2D eigenvalue weighted by molar-refractivity contribution is 0.672. The molecule has 0 atom stereocenters. The number of para-hydroxylation sites is 1. The average molecular weight is 624 g/mol. The van der Waals surface area contributed by atoms with Crippen LogP contribution in [0.25, 0.3) is 64.0 Å². The Morgan fingerprint density at radius 1 is 0.565 bits per heavy atom. The van der Waals surface area contributed by atoms with Gasteiger partial charge in [-0.1, -0.05) is 98.0 Å². The van der Waals surface area contributed by atoms with Crippen LogP contribution >= 0.6 is 11.3 Å². The predicted molar refractivity (Wildman–Crippen MR) is 201 cm³/mol. The molecule has 218 valence electrons. The molecule has 9 aromatic rings. The van der Waals surface area contributed by atoms with E-state index >= 15 is 0 Å². The molecule has 0 fully saturated rings. The molecule has 0 unspecified atom stereocenters. The Labute approximate surface area is 271 Å². The Morgan fingerprint density at radius 2 is 1.37 bits per heavy atom. The molecule has 4 heteroatoms. The SMILES string of the molecule is C[Si]1(C)c2cc(N(c3ccccc3)c3cccc4oc5c6ccccc6ccc5c34)ccc2-c2c1ccc1sc3ccccc3c21. The maximum Gasteiger partial charge on any atom is 0.143 e. The van der Waals surface area contributed by atoms with Crippen molar-refractivity contribution in [2.24, 2.45) is 0 Å². The molecule has 2 aromatic heterocycles. The molecule has 0 aliphatic carbocycles. The molecule has 3 heterocycles. The molecule has 7 aromatic carbocycles. The van der Waals surface area contributed by atoms with Gasteiger partial charge in [0.1, 0.15) is 19.2 Å². The van der Waals surface area contributed by atoms with Crippen LogP contribution in [0, 0.1) is 0 Å². The van der Waals surface area contributed by atoms with Crippen LogP contribution in [0.5, 0.6) is 0 Å². The van der Waals surface area contributed by atoms with Gasteiger partial charge in [-0.05, 0) is 81.5 Å². The first kappa shape index (κ1) is 26.1. The zero-order valence-corrected chi connectivity index (χ0v) is 27.4. The lowest BCUT2D eigenvalue weighted by atomic mass is 9.99. The fourth-order valence-electron chi connectivity index (χ4n) is 7.89. The summed E-state index contributed by atoms with van der Waals surface area (Å²) in [5, 5.41) is 10.4. The quantitative estimate of drug-likeness (QED) is 0.182. The summed E-state index contributed by atoms with van der Waals surface area (Å²) >= 11 is 1.91. The Bertz CT molecular complexity index is 2680. The molecule has 0 radical (unpaired) electrons. The van der Waals surface area contributed by atoms with Crippen molar-refractivity contribution in [2.45, 2.75) is 13.1 Å². The van der Waals surface area contributed by atoms with Crippen LogP contribution in [-0.4, -0.2) is 8.07 Å². The Kier molecular flexibility index (Phi) is 5.35. The molecule has 46 heavy (non-hydrogen) atoms. The second-order valence-corrected chi connectivity index (χ2v) is 18.3. The van der Waals surface area contributed by atoms with Gasteiger partial charge < -0.3 is 9.32 Å². The van der Waals surface area contributed by atoms with Gasteiger partial charge in [0.2, 0.25) is 0 Å². The highest BCUT2D eigenvalue weighted by atomic mass is 32.1. The van der Waals surface area contributed by atoms with Gasteiger partial charge in [0.05, 0.1) is 11.1 Å². The minimum absolute atomic E-state index is 0.903. The van der Waals surface area contributed by atoms with E-state index in [1.54, 1.807) is 0 Å². The second-order valence-electron chi connectivity index (χ2n) is 12.9. The van der Waals surface area contributed by atoms with Crippen molar-refractivity contribution in [3.63, 3.8) is 0 Å². The van der Waals surface area contributed by atoms with Crippen LogP contribution in [0.4, 0.5) is 17.1 Å². The van der Waals surface area contributed by atoms with Crippen LogP contribution in [0.1, 0.15) is 0 Å². The number of thiophene rings is 1. The monoisotopic (exact) mass is 623 g/mol. The minimum atomic E-state index is -1.99. The third-order valence-corrected chi connectivity index (χ3v) is 14.7. The fourth-order valence-corrected chi connectivity index (χ4v) is 12.1. The number of benzene rings is 7. The number of rotatable bonds is 3. The van der Waals surface area contributed by atoms with E-state index in [0.29, 0.717) is 0 Å². The van der Waals surface area contributed by atoms with Gasteiger partial charge in [0, 0.05) is 42.3 Å². The van der Waals surface area contributed by atoms with Gasteiger partial charge in [-0.15, -0.1) is 11.3 Å². The summed E-state index contributed by atoms with van der Waals surface area (Å²) in [6.45, 7) is 5.04. The van der Waals surface area contributed by atoms with Crippen LogP contribution in [0.3, 0.4) is 0 Å². The summed E-state index contributed by atoms with van der Waals surface area (Å²) in [6, 6.07) is 51.1. The average Bonchev–Trinajstić information content (AvgIpc) is 3.74. The molecule has 0 N–H and O–H groups in total. The molecule has 0 saturated carbocycles. The maximum absolute atomic E-state index is 6.63. The van der Waals surface area contributed by atoms with Crippen molar-refractivity contribution in [2.75, 3.05) is 4.90 Å². The van der Waals surface area contributed by atoms with Crippen molar-refractivity contribution >= 4 is 99.7 Å². The molecular formula is C42H29NOSSi. The second kappa shape index (κ2) is 9.43. The summed E-state index contributed by atoms with van der Waals surface area (Å²) in [5.41, 5.74) is 8.13. The minimum Gasteiger partial charge on any atom is -0.455 e. The van der Waals surface area contributed by atoms with E-state index in [1.807, 2.05) is 11.3 Å². The lowest BCUT2D eigenvalue weighted by Crippen LogP contribution is -2.49. The first-order chi connectivity index (χ1) is 22.6. The highest BCUT2D eigenvalue weighted by Crippen LogP contribution is 2.46. The van der Waals surface area contributed by atoms with Crippen molar-refractivity contribution in [3.8, 4) is 11.1 Å². The van der Waals surface area contributed by atoms with Crippen LogP contribution in [0.2, 0.25) is 13.1 Å². The van der Waals surface area contributed by atoms with Crippen LogP contribution in [-0.2, 0) is 0 Å². The molecule has 1 aliphatic heterocycles. The molecule has 1 aliphatic rings. The van der Waals surface area contributed by atoms with Crippen LogP contribution in [0.15, 0.2) is 144 Å². The van der Waals surface area contributed by atoms with E-state index in [1.165, 1.54) is 52.7 Å². The molecule has 10 rings (SSSR count). The molecule has 0 spiro atoms. The fraction of sp³-hybridized carbons (Fsp3) is 0.0476. The Balaban J connectivity index is 1.24. The first-order valence-electron chi connectivity index (χ1n) is 15.9. The van der Waals surface area contributed by atoms with Crippen LogP contribution < -0.4 is 15.3 Å². The van der Waals surface area contributed by atoms with Gasteiger partial charge >= 0.3 is 0 Å². The van der Waals surface area contributed by atoms with E-state index < -0.39 is 8.07 Å². The zero-order chi connectivity index (χ0) is 30.6. The number of furan rings is 1. The number of hydrogen-bond acceptors (Lipinski definition) is 3. The largest absolute Gasteiger partial charge is 0.455 e. The van der Waals surface area contributed by atoms with Crippen molar-refractivity contribution < 1.29 is 4.42 Å². The van der Waals surface area contributed by atoms with Gasteiger partial charge in [-0.25, -0.2) is 0 Å². The van der Waals surface area contributed by atoms with Crippen molar-refractivity contribution in [1.82, 2.24) is 0 Å². The Hall–Kier alpha value is -5.16. The van der Waals surface area contributed by atoms with E-state index in [0.717, 1.165) is 38.7 Å². The van der Waals surface area contributed by atoms with E-state index in [9.17, 15) is 0 Å². The van der Waals surface area contributed by atoms with Gasteiger partial charge in [-0.3, -0.25) is 0 Å². The summed E-state index contributed by atoms with van der Waals surface area (Å²) in [4.78, 5) is 2.43. The number of fused-ring (bicyclic) bond motifs is 12. The summed E-state index contributed by atoms with van der Waals surface area (Å²) in [7, 11) is -1.99. The summed E-state index contributed by atoms with van der Waals surface area (Å²) in [5.74, 6) is 0. The van der Waals surface area contributed by atoms with Gasteiger partial charge in [-0.2, -0.15) is 0 Å². The zero-order valence-electron chi connectivity index (χ0n) is 25.5. The smallest absolute Gasteiger partial charge is 0.143 e. The molecule has 0 bridgehead atoms. The molecule has 2 nitrogen and oxygen atoms in total. The van der Waals surface area contributed by atoms with Gasteiger partial charge in [0.15, 0.2) is 0 Å². The normalized spacial score (nSPS) is 13.6. The topological polar surface area (TPSA) is 16.4 Å². The highest BCUT2D eigenvalue weighted by molar-refractivity contribution is 7.26. The summed E-state index contributed by atoms with van der Waals surface area (Å²) < 4.78 is 9.36. The Morgan fingerprint density at radius 3 is 2.26 bits per heavy atom. The number of hydrogen-bond donors (Lipinski definition) is 0. The lowest BCUT2D eigenvalue weighted by Gasteiger charge is -2.28. The predicted octanol–water partition coefficient (Wildman–Crippen LogP) is 11.4. The number of anilines is 3. The molecular weight excluding hydrogens is 595 g/mol. The van der Waals surface area contributed by atoms with E-state index in [-0.39, 0.29) is 0 Å².